The number of hydrogen-bond acceptors (Lipinski definition) is 2. The lowest BCUT2D eigenvalue weighted by atomic mass is 10.1. The molecule has 1 atom stereocenters. The van der Waals surface area contributed by atoms with Crippen LogP contribution in [-0.4, -0.2) is 10.9 Å². The van der Waals surface area contributed by atoms with E-state index in [-0.39, 0.29) is 5.82 Å². The van der Waals surface area contributed by atoms with Crippen LogP contribution in [0.3, 0.4) is 0 Å². The lowest BCUT2D eigenvalue weighted by Gasteiger charge is -2.11. The zero-order valence-corrected chi connectivity index (χ0v) is 9.27. The van der Waals surface area contributed by atoms with Crippen LogP contribution < -0.4 is 0 Å². The Kier molecular flexibility index (Phi) is 4.42. The summed E-state index contributed by atoms with van der Waals surface area (Å²) in [6, 6.07) is 4.92. The van der Waals surface area contributed by atoms with Gasteiger partial charge in [-0.25, -0.2) is 4.39 Å². The highest BCUT2D eigenvalue weighted by molar-refractivity contribution is 7.99. The van der Waals surface area contributed by atoms with Crippen molar-refractivity contribution in [3.63, 3.8) is 0 Å². The van der Waals surface area contributed by atoms with E-state index in [1.165, 1.54) is 6.07 Å². The van der Waals surface area contributed by atoms with Gasteiger partial charge in [0.1, 0.15) is 5.82 Å². The van der Waals surface area contributed by atoms with Crippen molar-refractivity contribution in [2.75, 3.05) is 5.75 Å². The predicted molar refractivity (Wildman–Crippen MR) is 58.0 cm³/mol. The Hall–Kier alpha value is -0.540. The van der Waals surface area contributed by atoms with Gasteiger partial charge in [0.2, 0.25) is 0 Å². The van der Waals surface area contributed by atoms with Crippen molar-refractivity contribution in [3.05, 3.63) is 29.6 Å². The molecule has 0 saturated heterocycles. The Morgan fingerprint density at radius 1 is 1.50 bits per heavy atom. The average molecular weight is 214 g/mol. The molecular weight excluding hydrogens is 199 g/mol. The maximum Gasteiger partial charge on any atom is 0.130 e. The molecule has 0 bridgehead atoms. The van der Waals surface area contributed by atoms with Gasteiger partial charge < -0.3 is 5.11 Å². The molecule has 0 aliphatic carbocycles. The van der Waals surface area contributed by atoms with Crippen molar-refractivity contribution in [2.24, 2.45) is 0 Å². The van der Waals surface area contributed by atoms with E-state index in [2.05, 4.69) is 6.92 Å². The Bertz CT molecular complexity index is 299. The molecule has 3 heteroatoms. The molecule has 0 aliphatic heterocycles. The Morgan fingerprint density at radius 3 is 2.79 bits per heavy atom. The summed E-state index contributed by atoms with van der Waals surface area (Å²) < 4.78 is 13.4. The highest BCUT2D eigenvalue weighted by atomic mass is 32.2. The quantitative estimate of drug-likeness (QED) is 0.775. The van der Waals surface area contributed by atoms with Crippen molar-refractivity contribution < 1.29 is 9.50 Å². The van der Waals surface area contributed by atoms with E-state index >= 15 is 0 Å². The number of benzene rings is 1. The summed E-state index contributed by atoms with van der Waals surface area (Å²) in [7, 11) is 0. The van der Waals surface area contributed by atoms with Crippen LogP contribution in [0, 0.1) is 5.82 Å². The third kappa shape index (κ3) is 2.72. The van der Waals surface area contributed by atoms with Gasteiger partial charge in [-0.3, -0.25) is 0 Å². The highest BCUT2D eigenvalue weighted by Crippen LogP contribution is 2.29. The fourth-order valence-corrected chi connectivity index (χ4v) is 2.28. The first kappa shape index (κ1) is 11.5. The zero-order chi connectivity index (χ0) is 10.6. The van der Waals surface area contributed by atoms with Crippen LogP contribution in [0.2, 0.25) is 0 Å². The van der Waals surface area contributed by atoms with Gasteiger partial charge in [0.25, 0.3) is 0 Å². The largest absolute Gasteiger partial charge is 0.389 e. The van der Waals surface area contributed by atoms with Crippen molar-refractivity contribution >= 4 is 11.8 Å². The molecule has 1 nitrogen and oxygen atoms in total. The molecule has 0 amide bonds. The number of thioether (sulfide) groups is 1. The number of aliphatic hydroxyl groups excluding tert-OH is 1. The van der Waals surface area contributed by atoms with E-state index in [9.17, 15) is 9.50 Å². The van der Waals surface area contributed by atoms with Crippen LogP contribution in [0.5, 0.6) is 0 Å². The monoisotopic (exact) mass is 214 g/mol. The molecule has 0 unspecified atom stereocenters. The molecular formula is C11H15FOS. The lowest BCUT2D eigenvalue weighted by molar-refractivity contribution is 0.191. The SMILES string of the molecule is CCCSc1cccc(F)c1[C@H](C)O. The van der Waals surface area contributed by atoms with Gasteiger partial charge in [0.05, 0.1) is 6.10 Å². The minimum Gasteiger partial charge on any atom is -0.389 e. The van der Waals surface area contributed by atoms with E-state index in [0.717, 1.165) is 17.1 Å². The van der Waals surface area contributed by atoms with Gasteiger partial charge in [0.15, 0.2) is 0 Å². The van der Waals surface area contributed by atoms with Gasteiger partial charge in [0, 0.05) is 10.5 Å². The van der Waals surface area contributed by atoms with Crippen LogP contribution in [0.4, 0.5) is 4.39 Å². The smallest absolute Gasteiger partial charge is 0.130 e. The van der Waals surface area contributed by atoms with Crippen LogP contribution in [0.1, 0.15) is 31.9 Å². The summed E-state index contributed by atoms with van der Waals surface area (Å²) in [4.78, 5) is 0.849. The van der Waals surface area contributed by atoms with Crippen molar-refractivity contribution in [1.82, 2.24) is 0 Å². The van der Waals surface area contributed by atoms with Gasteiger partial charge in [-0.2, -0.15) is 0 Å². The van der Waals surface area contributed by atoms with Crippen molar-refractivity contribution in [2.45, 2.75) is 31.3 Å². The molecule has 0 saturated carbocycles. The number of halogens is 1. The maximum absolute atomic E-state index is 13.4. The van der Waals surface area contributed by atoms with Gasteiger partial charge in [-0.1, -0.05) is 13.0 Å². The van der Waals surface area contributed by atoms with Gasteiger partial charge >= 0.3 is 0 Å². The predicted octanol–water partition coefficient (Wildman–Crippen LogP) is 3.38. The summed E-state index contributed by atoms with van der Waals surface area (Å²) in [5, 5.41) is 9.43. The fraction of sp³-hybridized carbons (Fsp3) is 0.455. The molecule has 1 aromatic carbocycles. The molecule has 0 radical (unpaired) electrons. The molecule has 1 N–H and O–H groups in total. The maximum atomic E-state index is 13.4. The van der Waals surface area contributed by atoms with Crippen LogP contribution in [-0.2, 0) is 0 Å². The molecule has 0 aliphatic rings. The molecule has 0 fully saturated rings. The van der Waals surface area contributed by atoms with Crippen LogP contribution >= 0.6 is 11.8 Å². The summed E-state index contributed by atoms with van der Waals surface area (Å²) in [5.74, 6) is 0.629. The minimum atomic E-state index is -0.740. The van der Waals surface area contributed by atoms with Crippen LogP contribution in [0.15, 0.2) is 23.1 Å². The third-order valence-corrected chi connectivity index (χ3v) is 3.17. The summed E-state index contributed by atoms with van der Waals surface area (Å²) in [5.41, 5.74) is 0.422. The second kappa shape index (κ2) is 5.37. The second-order valence-corrected chi connectivity index (χ2v) is 4.31. The highest BCUT2D eigenvalue weighted by Gasteiger charge is 2.12. The van der Waals surface area contributed by atoms with E-state index in [1.54, 1.807) is 24.8 Å². The van der Waals surface area contributed by atoms with Gasteiger partial charge in [-0.15, -0.1) is 11.8 Å². The normalized spacial score (nSPS) is 12.9. The van der Waals surface area contributed by atoms with E-state index in [0.29, 0.717) is 5.56 Å². The first-order valence-corrected chi connectivity index (χ1v) is 5.74. The van der Waals surface area contributed by atoms with Crippen LogP contribution in [0.25, 0.3) is 0 Å². The Labute approximate surface area is 88.3 Å². The fourth-order valence-electron chi connectivity index (χ4n) is 1.26. The Balaban J connectivity index is 2.96. The molecule has 78 valence electrons. The summed E-state index contributed by atoms with van der Waals surface area (Å²) in [6.45, 7) is 3.67. The number of rotatable bonds is 4. The first-order chi connectivity index (χ1) is 6.66. The number of aliphatic hydroxyl groups is 1. The van der Waals surface area contributed by atoms with Crippen molar-refractivity contribution in [1.29, 1.82) is 0 Å². The molecule has 1 aromatic rings. The average Bonchev–Trinajstić information content (AvgIpc) is 2.14. The molecule has 0 heterocycles. The zero-order valence-electron chi connectivity index (χ0n) is 8.46. The molecule has 1 rings (SSSR count). The molecule has 0 spiro atoms. The van der Waals surface area contributed by atoms with E-state index < -0.39 is 6.10 Å². The molecule has 14 heavy (non-hydrogen) atoms. The third-order valence-electron chi connectivity index (χ3n) is 1.89. The van der Waals surface area contributed by atoms with E-state index in [4.69, 9.17) is 0 Å². The first-order valence-electron chi connectivity index (χ1n) is 4.76. The topological polar surface area (TPSA) is 20.2 Å². The number of hydrogen-bond donors (Lipinski definition) is 1. The second-order valence-electron chi connectivity index (χ2n) is 3.18. The Morgan fingerprint density at radius 2 is 2.21 bits per heavy atom. The van der Waals surface area contributed by atoms with Crippen molar-refractivity contribution in [3.8, 4) is 0 Å². The van der Waals surface area contributed by atoms with E-state index in [1.807, 2.05) is 6.07 Å². The summed E-state index contributed by atoms with van der Waals surface area (Å²) in [6.07, 6.45) is 0.302. The lowest BCUT2D eigenvalue weighted by Crippen LogP contribution is -1.98. The van der Waals surface area contributed by atoms with Gasteiger partial charge in [-0.05, 0) is 31.2 Å². The minimum absolute atomic E-state index is 0.318. The molecule has 0 aromatic heterocycles. The summed E-state index contributed by atoms with van der Waals surface area (Å²) >= 11 is 1.59. The standard InChI is InChI=1S/C11H15FOS/c1-3-7-14-10-6-4-5-9(12)11(10)8(2)13/h4-6,8,13H,3,7H2,1-2H3/t8-/m0/s1.